The van der Waals surface area contributed by atoms with E-state index in [9.17, 15) is 0 Å². The molecule has 2 rings (SSSR count). The molecule has 0 fully saturated rings. The number of rotatable bonds is 4. The standard InChI is InChI=1S/C12H10BrClN2O2S/c13-9-3-4-19-11(9)6-18-7-1-2-8(10(14)5-7)12(15)16-17/h1-5,17H,6H2,(H2,15,16). The molecular weight excluding hydrogens is 352 g/mol. The Bertz CT molecular complexity index is 616. The summed E-state index contributed by atoms with van der Waals surface area (Å²) in [6, 6.07) is 6.98. The average molecular weight is 362 g/mol. The largest absolute Gasteiger partial charge is 0.488 e. The quantitative estimate of drug-likeness (QED) is 0.376. The van der Waals surface area contributed by atoms with Gasteiger partial charge < -0.3 is 15.7 Å². The lowest BCUT2D eigenvalue weighted by Gasteiger charge is -2.08. The Labute approximate surface area is 127 Å². The number of amidine groups is 1. The van der Waals surface area contributed by atoms with E-state index in [-0.39, 0.29) is 5.84 Å². The van der Waals surface area contributed by atoms with E-state index in [0.717, 1.165) is 9.35 Å². The van der Waals surface area contributed by atoms with Crippen LogP contribution in [0.4, 0.5) is 0 Å². The van der Waals surface area contributed by atoms with Crippen molar-refractivity contribution in [3.05, 3.63) is 49.6 Å². The first-order chi connectivity index (χ1) is 9.11. The average Bonchev–Trinajstić information content (AvgIpc) is 2.81. The number of hydrogen-bond donors (Lipinski definition) is 2. The smallest absolute Gasteiger partial charge is 0.171 e. The second-order valence-electron chi connectivity index (χ2n) is 3.61. The molecule has 0 bridgehead atoms. The fraction of sp³-hybridized carbons (Fsp3) is 0.0833. The number of thiophene rings is 1. The van der Waals surface area contributed by atoms with Crippen LogP contribution in [0.5, 0.6) is 5.75 Å². The van der Waals surface area contributed by atoms with Gasteiger partial charge in [0.25, 0.3) is 0 Å². The van der Waals surface area contributed by atoms with Crippen LogP contribution in [0.3, 0.4) is 0 Å². The molecule has 19 heavy (non-hydrogen) atoms. The summed E-state index contributed by atoms with van der Waals surface area (Å²) >= 11 is 11.1. The maximum atomic E-state index is 8.61. The minimum Gasteiger partial charge on any atom is -0.488 e. The van der Waals surface area contributed by atoms with Crippen molar-refractivity contribution in [3.63, 3.8) is 0 Å². The van der Waals surface area contributed by atoms with Crippen LogP contribution in [-0.4, -0.2) is 11.0 Å². The maximum Gasteiger partial charge on any atom is 0.171 e. The van der Waals surface area contributed by atoms with Crippen molar-refractivity contribution in [3.8, 4) is 5.75 Å². The van der Waals surface area contributed by atoms with E-state index >= 15 is 0 Å². The van der Waals surface area contributed by atoms with Gasteiger partial charge in [0.15, 0.2) is 5.84 Å². The molecule has 3 N–H and O–H groups in total. The van der Waals surface area contributed by atoms with Crippen molar-refractivity contribution in [2.24, 2.45) is 10.9 Å². The van der Waals surface area contributed by atoms with Crippen LogP contribution in [0.1, 0.15) is 10.4 Å². The number of oxime groups is 1. The number of hydrogen-bond acceptors (Lipinski definition) is 4. The third-order valence-corrected chi connectivity index (χ3v) is 4.60. The van der Waals surface area contributed by atoms with Crippen LogP contribution >= 0.6 is 38.9 Å². The van der Waals surface area contributed by atoms with Crippen LogP contribution in [0.25, 0.3) is 0 Å². The van der Waals surface area contributed by atoms with Gasteiger partial charge in [0, 0.05) is 10.0 Å². The Morgan fingerprint density at radius 1 is 1.47 bits per heavy atom. The molecule has 4 nitrogen and oxygen atoms in total. The number of ether oxygens (including phenoxy) is 1. The van der Waals surface area contributed by atoms with Gasteiger partial charge in [0.1, 0.15) is 12.4 Å². The van der Waals surface area contributed by atoms with Gasteiger partial charge in [-0.1, -0.05) is 16.8 Å². The van der Waals surface area contributed by atoms with Crippen LogP contribution in [-0.2, 0) is 6.61 Å². The molecule has 0 aliphatic carbocycles. The van der Waals surface area contributed by atoms with Crippen molar-refractivity contribution < 1.29 is 9.94 Å². The van der Waals surface area contributed by atoms with Gasteiger partial charge in [-0.3, -0.25) is 0 Å². The second kappa shape index (κ2) is 6.27. The van der Waals surface area contributed by atoms with Crippen LogP contribution in [0.2, 0.25) is 5.02 Å². The van der Waals surface area contributed by atoms with Crippen molar-refractivity contribution >= 4 is 44.7 Å². The van der Waals surface area contributed by atoms with Crippen molar-refractivity contribution in [2.75, 3.05) is 0 Å². The van der Waals surface area contributed by atoms with Gasteiger partial charge >= 0.3 is 0 Å². The predicted molar refractivity (Wildman–Crippen MR) is 80.3 cm³/mol. The normalized spacial score (nSPS) is 11.6. The monoisotopic (exact) mass is 360 g/mol. The summed E-state index contributed by atoms with van der Waals surface area (Å²) in [5.41, 5.74) is 5.95. The Kier molecular flexibility index (Phi) is 4.68. The third-order valence-electron chi connectivity index (χ3n) is 2.39. The summed E-state index contributed by atoms with van der Waals surface area (Å²) in [5, 5.41) is 13.9. The van der Waals surface area contributed by atoms with Gasteiger partial charge in [-0.15, -0.1) is 11.3 Å². The first-order valence-corrected chi connectivity index (χ1v) is 7.29. The molecule has 0 spiro atoms. The highest BCUT2D eigenvalue weighted by Gasteiger charge is 2.08. The zero-order valence-electron chi connectivity index (χ0n) is 9.64. The van der Waals surface area contributed by atoms with E-state index in [0.29, 0.717) is 22.9 Å². The first-order valence-electron chi connectivity index (χ1n) is 5.24. The van der Waals surface area contributed by atoms with E-state index in [2.05, 4.69) is 21.1 Å². The van der Waals surface area contributed by atoms with Crippen molar-refractivity contribution in [1.29, 1.82) is 0 Å². The Hall–Kier alpha value is -1.24. The molecule has 2 aromatic rings. The molecule has 0 unspecified atom stereocenters. The highest BCUT2D eigenvalue weighted by Crippen LogP contribution is 2.26. The number of nitrogens with zero attached hydrogens (tertiary/aromatic N) is 1. The first kappa shape index (κ1) is 14.2. The molecule has 0 aliphatic rings. The third kappa shape index (κ3) is 3.40. The molecule has 0 atom stereocenters. The summed E-state index contributed by atoms with van der Waals surface area (Å²) in [5.74, 6) is 0.595. The molecule has 0 saturated heterocycles. The lowest BCUT2D eigenvalue weighted by molar-refractivity contribution is 0.309. The van der Waals surface area contributed by atoms with Gasteiger partial charge in [0.2, 0.25) is 0 Å². The predicted octanol–water partition coefficient (Wildman–Crippen LogP) is 3.84. The van der Waals surface area contributed by atoms with Gasteiger partial charge in [-0.05, 0) is 45.6 Å². The molecule has 7 heteroatoms. The van der Waals surface area contributed by atoms with Crippen LogP contribution in [0, 0.1) is 0 Å². The maximum absolute atomic E-state index is 8.61. The van der Waals surface area contributed by atoms with E-state index < -0.39 is 0 Å². The summed E-state index contributed by atoms with van der Waals surface area (Å²) < 4.78 is 6.66. The molecule has 0 saturated carbocycles. The van der Waals surface area contributed by atoms with E-state index in [1.54, 1.807) is 29.5 Å². The van der Waals surface area contributed by atoms with Crippen molar-refractivity contribution in [1.82, 2.24) is 0 Å². The van der Waals surface area contributed by atoms with Crippen molar-refractivity contribution in [2.45, 2.75) is 6.61 Å². The molecule has 100 valence electrons. The summed E-state index contributed by atoms with van der Waals surface area (Å²) in [4.78, 5) is 1.09. The van der Waals surface area contributed by atoms with E-state index in [4.69, 9.17) is 27.3 Å². The molecule has 0 aliphatic heterocycles. The molecule has 1 aromatic heterocycles. The zero-order chi connectivity index (χ0) is 13.8. The topological polar surface area (TPSA) is 67.8 Å². The molecule has 0 radical (unpaired) electrons. The lowest BCUT2D eigenvalue weighted by atomic mass is 10.2. The number of nitrogens with two attached hydrogens (primary N) is 1. The number of benzene rings is 1. The zero-order valence-corrected chi connectivity index (χ0v) is 12.8. The SMILES string of the molecule is N/C(=N/O)c1ccc(OCc2sccc2Br)cc1Cl. The van der Waals surface area contributed by atoms with E-state index in [1.807, 2.05) is 11.4 Å². The molecule has 1 heterocycles. The minimum absolute atomic E-state index is 0.0300. The molecule has 1 aromatic carbocycles. The minimum atomic E-state index is -0.0300. The second-order valence-corrected chi connectivity index (χ2v) is 5.87. The van der Waals surface area contributed by atoms with Crippen LogP contribution in [0.15, 0.2) is 39.3 Å². The Morgan fingerprint density at radius 3 is 2.84 bits per heavy atom. The fourth-order valence-electron chi connectivity index (χ4n) is 1.42. The highest BCUT2D eigenvalue weighted by atomic mass is 79.9. The van der Waals surface area contributed by atoms with Gasteiger partial charge in [-0.25, -0.2) is 0 Å². The van der Waals surface area contributed by atoms with Gasteiger partial charge in [-0.2, -0.15) is 0 Å². The Balaban J connectivity index is 2.10. The summed E-state index contributed by atoms with van der Waals surface area (Å²) in [6.45, 7) is 0.456. The van der Waals surface area contributed by atoms with Gasteiger partial charge in [0.05, 0.1) is 9.90 Å². The lowest BCUT2D eigenvalue weighted by Crippen LogP contribution is -2.13. The Morgan fingerprint density at radius 2 is 2.26 bits per heavy atom. The molecular formula is C12H10BrClN2O2S. The summed E-state index contributed by atoms with van der Waals surface area (Å²) in [7, 11) is 0. The van der Waals surface area contributed by atoms with E-state index in [1.165, 1.54) is 0 Å². The highest BCUT2D eigenvalue weighted by molar-refractivity contribution is 9.10. The van der Waals surface area contributed by atoms with Crippen LogP contribution < -0.4 is 10.5 Å². The summed E-state index contributed by atoms with van der Waals surface area (Å²) in [6.07, 6.45) is 0. The fourth-order valence-corrected chi connectivity index (χ4v) is 3.07. The molecule has 0 amide bonds. The number of halogens is 2.